The third-order valence-corrected chi connectivity index (χ3v) is 13.7. The van der Waals surface area contributed by atoms with Gasteiger partial charge in [0.25, 0.3) is 0 Å². The van der Waals surface area contributed by atoms with Gasteiger partial charge in [-0.1, -0.05) is 81.4 Å². The summed E-state index contributed by atoms with van der Waals surface area (Å²) in [6.45, 7) is 16.1. The van der Waals surface area contributed by atoms with E-state index in [9.17, 15) is 14.4 Å². The predicted molar refractivity (Wildman–Crippen MR) is 197 cm³/mol. The van der Waals surface area contributed by atoms with Gasteiger partial charge in [-0.25, -0.2) is 9.59 Å². The Morgan fingerprint density at radius 3 is 1.84 bits per heavy atom. The molecule has 1 aromatic heterocycles. The van der Waals surface area contributed by atoms with Crippen LogP contribution in [0.1, 0.15) is 70.4 Å². The van der Waals surface area contributed by atoms with Crippen molar-refractivity contribution in [2.24, 2.45) is 0 Å². The smallest absolute Gasteiger partial charge is 0.408 e. The second-order valence-corrected chi connectivity index (χ2v) is 20.6. The number of hydrogen-bond acceptors (Lipinski definition) is 8. The molecule has 0 saturated heterocycles. The van der Waals surface area contributed by atoms with Crippen LogP contribution < -0.4 is 16.0 Å². The summed E-state index contributed by atoms with van der Waals surface area (Å²) in [4.78, 5) is 44.6. The summed E-state index contributed by atoms with van der Waals surface area (Å²) >= 11 is 1.42. The largest absolute Gasteiger partial charge is 0.444 e. The van der Waals surface area contributed by atoms with Crippen LogP contribution in [0, 0.1) is 0 Å². The van der Waals surface area contributed by atoms with E-state index in [1.165, 1.54) is 11.3 Å². The van der Waals surface area contributed by atoms with E-state index in [1.807, 2.05) is 60.7 Å². The van der Waals surface area contributed by atoms with Gasteiger partial charge in [-0.3, -0.25) is 9.78 Å². The second-order valence-electron chi connectivity index (χ2n) is 14.8. The van der Waals surface area contributed by atoms with Crippen molar-refractivity contribution in [2.45, 2.75) is 116 Å². The summed E-state index contributed by atoms with van der Waals surface area (Å²) < 4.78 is 17.4. The lowest BCUT2D eigenvalue weighted by Gasteiger charge is -2.37. The molecule has 3 aromatic rings. The zero-order valence-corrected chi connectivity index (χ0v) is 32.0. The fraction of sp³-hybridized carbons (Fsp3) is 0.514. The molecule has 0 spiro atoms. The SMILES string of the molecule is CC(C)(C)OC(=O)N[C@@H](CO[Si](C)(C)C(C)(C)C)C(=O)N[C@@H](CC[C@@H](Cc1ccccc1)NC(=O)OCc1cncs1)Cc1ccccc1. The average molecular weight is 711 g/mol. The van der Waals surface area contributed by atoms with E-state index in [2.05, 4.69) is 54.8 Å². The lowest BCUT2D eigenvalue weighted by molar-refractivity contribution is -0.124. The highest BCUT2D eigenvalue weighted by Crippen LogP contribution is 2.36. The number of hydrogen-bond donors (Lipinski definition) is 3. The molecule has 10 nitrogen and oxygen atoms in total. The molecule has 0 unspecified atom stereocenters. The van der Waals surface area contributed by atoms with Gasteiger partial charge < -0.3 is 29.9 Å². The summed E-state index contributed by atoms with van der Waals surface area (Å²) in [6, 6.07) is 18.3. The quantitative estimate of drug-likeness (QED) is 0.132. The second kappa shape index (κ2) is 18.3. The van der Waals surface area contributed by atoms with Crippen LogP contribution in [-0.2, 0) is 38.1 Å². The zero-order chi connectivity index (χ0) is 36.1. The maximum absolute atomic E-state index is 14.0. The molecule has 0 aliphatic heterocycles. The van der Waals surface area contributed by atoms with Gasteiger partial charge in [-0.05, 0) is 75.7 Å². The normalized spacial score (nSPS) is 13.9. The molecule has 1 heterocycles. The molecular formula is C37H54N4O6SSi. The van der Waals surface area contributed by atoms with E-state index in [1.54, 1.807) is 32.5 Å². The number of carbonyl (C=O) groups is 3. The molecule has 0 radical (unpaired) electrons. The fourth-order valence-corrected chi connectivity index (χ4v) is 6.27. The van der Waals surface area contributed by atoms with Gasteiger partial charge >= 0.3 is 12.2 Å². The van der Waals surface area contributed by atoms with Crippen molar-refractivity contribution in [3.8, 4) is 0 Å². The molecule has 268 valence electrons. The maximum Gasteiger partial charge on any atom is 0.408 e. The first-order chi connectivity index (χ1) is 23.0. The predicted octanol–water partition coefficient (Wildman–Crippen LogP) is 7.40. The number of thiazole rings is 1. The molecule has 0 fully saturated rings. The van der Waals surface area contributed by atoms with E-state index >= 15 is 0 Å². The van der Waals surface area contributed by atoms with Crippen LogP contribution in [0.2, 0.25) is 18.1 Å². The molecule has 49 heavy (non-hydrogen) atoms. The lowest BCUT2D eigenvalue weighted by atomic mass is 9.96. The van der Waals surface area contributed by atoms with Crippen molar-refractivity contribution in [3.05, 3.63) is 88.4 Å². The first-order valence-electron chi connectivity index (χ1n) is 16.8. The van der Waals surface area contributed by atoms with Crippen molar-refractivity contribution in [3.63, 3.8) is 0 Å². The van der Waals surface area contributed by atoms with Gasteiger partial charge in [-0.15, -0.1) is 11.3 Å². The van der Waals surface area contributed by atoms with Crippen LogP contribution >= 0.6 is 11.3 Å². The minimum atomic E-state index is -2.25. The fourth-order valence-electron chi connectivity index (χ4n) is 4.75. The van der Waals surface area contributed by atoms with Crippen molar-refractivity contribution >= 4 is 37.7 Å². The van der Waals surface area contributed by atoms with Crippen molar-refractivity contribution in [1.82, 2.24) is 20.9 Å². The summed E-state index contributed by atoms with van der Waals surface area (Å²) in [5.74, 6) is -0.359. The molecule has 0 aliphatic carbocycles. The van der Waals surface area contributed by atoms with Crippen LogP contribution in [0.25, 0.3) is 0 Å². The molecule has 0 aliphatic rings. The number of ether oxygens (including phenoxy) is 2. The average Bonchev–Trinajstić information content (AvgIpc) is 3.54. The standard InChI is InChI=1S/C37H54N4O6SSi/c1-36(2,3)47-35(44)41-32(25-46-49(7,8)37(4,5)6)33(42)39-29(21-27-15-11-9-12-16-27)19-20-30(22-28-17-13-10-14-18-28)40-34(43)45-24-31-23-38-26-48-31/h9-18,23,26,29-30,32H,19-22,24-25H2,1-8H3,(H,39,42)(H,40,43)(H,41,44)/t29-,30-,32-/m0/s1. The molecule has 0 saturated carbocycles. The highest BCUT2D eigenvalue weighted by atomic mass is 32.1. The number of amides is 3. The number of carbonyl (C=O) groups excluding carboxylic acids is 3. The molecule has 12 heteroatoms. The van der Waals surface area contributed by atoms with E-state index in [0.717, 1.165) is 16.0 Å². The maximum atomic E-state index is 14.0. The summed E-state index contributed by atoms with van der Waals surface area (Å²) in [5.41, 5.74) is 3.09. The van der Waals surface area contributed by atoms with Crippen molar-refractivity contribution < 1.29 is 28.3 Å². The van der Waals surface area contributed by atoms with Gasteiger partial charge in [0.05, 0.1) is 17.0 Å². The summed E-state index contributed by atoms with van der Waals surface area (Å²) in [5, 5.41) is 8.92. The van der Waals surface area contributed by atoms with Crippen LogP contribution in [0.15, 0.2) is 72.4 Å². The first kappa shape index (κ1) is 39.7. The zero-order valence-electron chi connectivity index (χ0n) is 30.2. The van der Waals surface area contributed by atoms with Gasteiger partial charge in [-0.2, -0.15) is 0 Å². The van der Waals surface area contributed by atoms with Crippen LogP contribution in [-0.4, -0.2) is 61.7 Å². The van der Waals surface area contributed by atoms with E-state index in [4.69, 9.17) is 13.9 Å². The number of benzene rings is 2. The Balaban J connectivity index is 1.79. The number of aromatic nitrogens is 1. The molecule has 3 atom stereocenters. The Bertz CT molecular complexity index is 1440. The minimum Gasteiger partial charge on any atom is -0.444 e. The van der Waals surface area contributed by atoms with Gasteiger partial charge in [0, 0.05) is 18.3 Å². The first-order valence-corrected chi connectivity index (χ1v) is 20.6. The Hall–Kier alpha value is -3.74. The van der Waals surface area contributed by atoms with Gasteiger partial charge in [0.1, 0.15) is 18.2 Å². The Kier molecular flexibility index (Phi) is 14.8. The molecule has 2 aromatic carbocycles. The van der Waals surface area contributed by atoms with Crippen LogP contribution in [0.3, 0.4) is 0 Å². The third kappa shape index (κ3) is 14.7. The van der Waals surface area contributed by atoms with E-state index in [0.29, 0.717) is 25.7 Å². The monoisotopic (exact) mass is 710 g/mol. The Morgan fingerprint density at radius 2 is 1.35 bits per heavy atom. The van der Waals surface area contributed by atoms with Crippen molar-refractivity contribution in [1.29, 1.82) is 0 Å². The third-order valence-electron chi connectivity index (χ3n) is 8.44. The molecule has 3 amide bonds. The number of alkyl carbamates (subject to hydrolysis) is 2. The molecule has 3 N–H and O–H groups in total. The molecule has 3 rings (SSSR count). The highest BCUT2D eigenvalue weighted by molar-refractivity contribution is 7.09. The van der Waals surface area contributed by atoms with Gasteiger partial charge in [0.2, 0.25) is 5.91 Å². The van der Waals surface area contributed by atoms with Gasteiger partial charge in [0.15, 0.2) is 8.32 Å². The highest BCUT2D eigenvalue weighted by Gasteiger charge is 2.39. The topological polar surface area (TPSA) is 128 Å². The van der Waals surface area contributed by atoms with Crippen LogP contribution in [0.4, 0.5) is 9.59 Å². The van der Waals surface area contributed by atoms with E-state index in [-0.39, 0.29) is 36.2 Å². The summed E-state index contributed by atoms with van der Waals surface area (Å²) in [7, 11) is -2.25. The molecule has 0 bridgehead atoms. The number of nitrogens with one attached hydrogen (secondary N) is 3. The summed E-state index contributed by atoms with van der Waals surface area (Å²) in [6.07, 6.45) is 2.74. The molecular weight excluding hydrogens is 657 g/mol. The lowest BCUT2D eigenvalue weighted by Crippen LogP contribution is -2.55. The van der Waals surface area contributed by atoms with E-state index < -0.39 is 32.1 Å². The minimum absolute atomic E-state index is 0.0173. The Morgan fingerprint density at radius 1 is 0.796 bits per heavy atom. The number of rotatable bonds is 16. The van der Waals surface area contributed by atoms with Crippen LogP contribution in [0.5, 0.6) is 0 Å². The van der Waals surface area contributed by atoms with Crippen molar-refractivity contribution in [2.75, 3.05) is 6.61 Å². The number of nitrogens with zero attached hydrogens (tertiary/aromatic N) is 1. The Labute approximate surface area is 296 Å².